The molecule has 5 nitrogen and oxygen atoms in total. The third-order valence-electron chi connectivity index (χ3n) is 5.42. The molecule has 0 radical (unpaired) electrons. The average Bonchev–Trinajstić information content (AvgIpc) is 2.53. The zero-order chi connectivity index (χ0) is 18.8. The summed E-state index contributed by atoms with van der Waals surface area (Å²) in [5.41, 5.74) is 5.61. The highest BCUT2D eigenvalue weighted by Crippen LogP contribution is 2.44. The van der Waals surface area contributed by atoms with Crippen molar-refractivity contribution in [2.24, 2.45) is 5.73 Å². The zero-order valence-electron chi connectivity index (χ0n) is 14.4. The molecular formula is C18H23F3N2O3. The number of ether oxygens (including phenoxy) is 2. The minimum absolute atomic E-state index is 0.227. The Kier molecular flexibility index (Phi) is 5.16. The molecule has 0 spiro atoms. The van der Waals surface area contributed by atoms with Crippen LogP contribution in [-0.2, 0) is 14.9 Å². The van der Waals surface area contributed by atoms with Crippen molar-refractivity contribution >= 4 is 5.91 Å². The van der Waals surface area contributed by atoms with E-state index >= 15 is 0 Å². The van der Waals surface area contributed by atoms with Crippen molar-refractivity contribution < 1.29 is 27.4 Å². The van der Waals surface area contributed by atoms with Crippen molar-refractivity contribution in [3.8, 4) is 5.75 Å². The molecule has 2 fully saturated rings. The van der Waals surface area contributed by atoms with Gasteiger partial charge in [0.25, 0.3) is 0 Å². The fourth-order valence-electron chi connectivity index (χ4n) is 3.58. The number of rotatable bonds is 5. The summed E-state index contributed by atoms with van der Waals surface area (Å²) < 4.78 is 46.7. The molecule has 3 rings (SSSR count). The number of nitrogens with two attached hydrogens (primary N) is 1. The van der Waals surface area contributed by atoms with Gasteiger partial charge in [-0.15, -0.1) is 13.2 Å². The first-order valence-electron chi connectivity index (χ1n) is 8.74. The van der Waals surface area contributed by atoms with E-state index in [1.54, 1.807) is 12.1 Å². The van der Waals surface area contributed by atoms with Gasteiger partial charge in [-0.3, -0.25) is 4.79 Å². The summed E-state index contributed by atoms with van der Waals surface area (Å²) in [6, 6.07) is 6.01. The van der Waals surface area contributed by atoms with Crippen molar-refractivity contribution in [1.82, 2.24) is 5.32 Å². The summed E-state index contributed by atoms with van der Waals surface area (Å²) in [5.74, 6) is -0.470. The molecule has 1 amide bonds. The first kappa shape index (κ1) is 19.0. The molecule has 8 heteroatoms. The topological polar surface area (TPSA) is 73.6 Å². The monoisotopic (exact) mass is 372 g/mol. The lowest BCUT2D eigenvalue weighted by atomic mass is 9.64. The van der Waals surface area contributed by atoms with E-state index in [0.717, 1.165) is 24.8 Å². The molecule has 144 valence electrons. The lowest BCUT2D eigenvalue weighted by Crippen LogP contribution is -2.59. The number of hydrogen-bond donors (Lipinski definition) is 2. The van der Waals surface area contributed by atoms with E-state index < -0.39 is 11.9 Å². The van der Waals surface area contributed by atoms with Crippen LogP contribution in [0, 0.1) is 0 Å². The number of nitrogens with one attached hydrogen (secondary N) is 1. The summed E-state index contributed by atoms with van der Waals surface area (Å²) in [7, 11) is 0. The SMILES string of the molecule is NC1(C(=O)NCC2(c3cccc(OC(F)(F)F)c3)CCC2)CCOCC1. The van der Waals surface area contributed by atoms with Crippen molar-refractivity contribution in [3.05, 3.63) is 29.8 Å². The van der Waals surface area contributed by atoms with E-state index in [1.807, 2.05) is 0 Å². The summed E-state index contributed by atoms with van der Waals surface area (Å²) in [4.78, 5) is 12.5. The lowest BCUT2D eigenvalue weighted by Gasteiger charge is -2.43. The van der Waals surface area contributed by atoms with Gasteiger partial charge in [0.1, 0.15) is 5.75 Å². The molecule has 2 aliphatic rings. The molecular weight excluding hydrogens is 349 g/mol. The van der Waals surface area contributed by atoms with E-state index in [0.29, 0.717) is 32.6 Å². The Bertz CT molecular complexity index is 653. The molecule has 3 N–H and O–H groups in total. The van der Waals surface area contributed by atoms with Gasteiger partial charge in [0, 0.05) is 25.2 Å². The van der Waals surface area contributed by atoms with Crippen LogP contribution in [0.2, 0.25) is 0 Å². The normalized spacial score (nSPS) is 21.5. The van der Waals surface area contributed by atoms with Crippen LogP contribution in [0.1, 0.15) is 37.7 Å². The van der Waals surface area contributed by atoms with E-state index in [2.05, 4.69) is 10.1 Å². The molecule has 1 aliphatic carbocycles. The first-order chi connectivity index (χ1) is 12.2. The Morgan fingerprint density at radius 3 is 2.50 bits per heavy atom. The smallest absolute Gasteiger partial charge is 0.406 e. The van der Waals surface area contributed by atoms with Crippen LogP contribution in [0.15, 0.2) is 24.3 Å². The zero-order valence-corrected chi connectivity index (χ0v) is 14.4. The van der Waals surface area contributed by atoms with Gasteiger partial charge in [0.05, 0.1) is 5.54 Å². The maximum Gasteiger partial charge on any atom is 0.573 e. The maximum atomic E-state index is 12.5. The van der Waals surface area contributed by atoms with Crippen LogP contribution >= 0.6 is 0 Å². The molecule has 0 bridgehead atoms. The predicted molar refractivity (Wildman–Crippen MR) is 88.6 cm³/mol. The summed E-state index contributed by atoms with van der Waals surface area (Å²) in [5, 5.41) is 2.92. The van der Waals surface area contributed by atoms with Crippen molar-refractivity contribution in [1.29, 1.82) is 0 Å². The second-order valence-electron chi connectivity index (χ2n) is 7.16. The van der Waals surface area contributed by atoms with E-state index in [4.69, 9.17) is 10.5 Å². The molecule has 1 aromatic rings. The number of amides is 1. The highest BCUT2D eigenvalue weighted by Gasteiger charge is 2.42. The quantitative estimate of drug-likeness (QED) is 0.833. The molecule has 1 saturated heterocycles. The fraction of sp³-hybridized carbons (Fsp3) is 0.611. The van der Waals surface area contributed by atoms with Gasteiger partial charge in [-0.1, -0.05) is 18.6 Å². The molecule has 1 saturated carbocycles. The third kappa shape index (κ3) is 4.12. The van der Waals surface area contributed by atoms with Gasteiger partial charge in [-0.2, -0.15) is 0 Å². The Balaban J connectivity index is 1.69. The second-order valence-corrected chi connectivity index (χ2v) is 7.16. The van der Waals surface area contributed by atoms with Gasteiger partial charge in [0.2, 0.25) is 5.91 Å². The molecule has 1 aromatic carbocycles. The molecule has 0 unspecified atom stereocenters. The minimum atomic E-state index is -4.73. The van der Waals surface area contributed by atoms with Crippen LogP contribution in [0.25, 0.3) is 0 Å². The van der Waals surface area contributed by atoms with Gasteiger partial charge in [-0.25, -0.2) is 0 Å². The maximum absolute atomic E-state index is 12.5. The average molecular weight is 372 g/mol. The van der Waals surface area contributed by atoms with Crippen LogP contribution in [0.4, 0.5) is 13.2 Å². The standard InChI is InChI=1S/C18H23F3N2O3/c19-18(20,21)26-14-4-1-3-13(11-14)16(5-2-6-16)12-23-15(24)17(22)7-9-25-10-8-17/h1,3-4,11H,2,5-10,12,22H2,(H,23,24). The molecule has 0 aromatic heterocycles. The van der Waals surface area contributed by atoms with Crippen molar-refractivity contribution in [2.75, 3.05) is 19.8 Å². The highest BCUT2D eigenvalue weighted by molar-refractivity contribution is 5.86. The van der Waals surface area contributed by atoms with Crippen LogP contribution in [-0.4, -0.2) is 37.6 Å². The Hall–Kier alpha value is -1.80. The Morgan fingerprint density at radius 2 is 1.92 bits per heavy atom. The van der Waals surface area contributed by atoms with Gasteiger partial charge >= 0.3 is 6.36 Å². The Labute approximate surface area is 150 Å². The number of benzene rings is 1. The Morgan fingerprint density at radius 1 is 1.23 bits per heavy atom. The predicted octanol–water partition coefficient (Wildman–Crippen LogP) is 2.63. The summed E-state index contributed by atoms with van der Waals surface area (Å²) in [6.45, 7) is 1.25. The van der Waals surface area contributed by atoms with Crippen LogP contribution in [0.3, 0.4) is 0 Å². The number of hydrogen-bond acceptors (Lipinski definition) is 4. The van der Waals surface area contributed by atoms with Crippen molar-refractivity contribution in [2.45, 2.75) is 49.4 Å². The highest BCUT2D eigenvalue weighted by atomic mass is 19.4. The van der Waals surface area contributed by atoms with Gasteiger partial charge in [-0.05, 0) is 43.4 Å². The molecule has 0 atom stereocenters. The largest absolute Gasteiger partial charge is 0.573 e. The molecule has 1 heterocycles. The van der Waals surface area contributed by atoms with E-state index in [-0.39, 0.29) is 17.1 Å². The third-order valence-corrected chi connectivity index (χ3v) is 5.42. The van der Waals surface area contributed by atoms with E-state index in [1.165, 1.54) is 12.1 Å². The van der Waals surface area contributed by atoms with E-state index in [9.17, 15) is 18.0 Å². The number of halogens is 3. The number of carbonyl (C=O) groups is 1. The van der Waals surface area contributed by atoms with Crippen LogP contribution < -0.4 is 15.8 Å². The van der Waals surface area contributed by atoms with Gasteiger partial charge in [0.15, 0.2) is 0 Å². The summed E-state index contributed by atoms with van der Waals surface area (Å²) in [6.07, 6.45) is -1.26. The number of alkyl halides is 3. The van der Waals surface area contributed by atoms with Gasteiger partial charge < -0.3 is 20.5 Å². The minimum Gasteiger partial charge on any atom is -0.406 e. The van der Waals surface area contributed by atoms with Crippen LogP contribution in [0.5, 0.6) is 5.75 Å². The lowest BCUT2D eigenvalue weighted by molar-refractivity contribution is -0.274. The number of carbonyl (C=O) groups excluding carboxylic acids is 1. The first-order valence-corrected chi connectivity index (χ1v) is 8.74. The summed E-state index contributed by atoms with van der Waals surface area (Å²) >= 11 is 0. The second kappa shape index (κ2) is 7.08. The van der Waals surface area contributed by atoms with Crippen molar-refractivity contribution in [3.63, 3.8) is 0 Å². The fourth-order valence-corrected chi connectivity index (χ4v) is 3.58. The molecule has 26 heavy (non-hydrogen) atoms. The molecule has 1 aliphatic heterocycles.